The highest BCUT2D eigenvalue weighted by Crippen LogP contribution is 2.52. The van der Waals surface area contributed by atoms with E-state index < -0.39 is 0 Å². The van der Waals surface area contributed by atoms with E-state index in [4.69, 9.17) is 4.74 Å². The predicted octanol–water partition coefficient (Wildman–Crippen LogP) is 16.0. The minimum Gasteiger partial charge on any atom is -0.458 e. The van der Waals surface area contributed by atoms with Gasteiger partial charge in [0.15, 0.2) is 0 Å². The van der Waals surface area contributed by atoms with E-state index >= 15 is 0 Å². The van der Waals surface area contributed by atoms with Crippen LogP contribution in [-0.2, 0) is 0 Å². The van der Waals surface area contributed by atoms with E-state index in [0.29, 0.717) is 0 Å². The summed E-state index contributed by atoms with van der Waals surface area (Å²) >= 11 is 0. The molecule has 392 valence electrons. The molecule has 6 nitrogen and oxygen atoms in total. The number of anilines is 15. The Morgan fingerprint density at radius 3 is 1.20 bits per heavy atom. The number of hydrogen-bond acceptors (Lipinski definition) is 6. The minimum atomic E-state index is -0.165. The molecule has 0 aromatic heterocycles. The molecule has 0 N–H and O–H groups in total. The Morgan fingerprint density at radius 1 is 0.289 bits per heavy atom. The highest BCUT2D eigenvalue weighted by molar-refractivity contribution is 7.02. The van der Waals surface area contributed by atoms with Crippen LogP contribution in [-0.4, -0.2) is 13.4 Å². The van der Waals surface area contributed by atoms with Gasteiger partial charge in [-0.1, -0.05) is 169 Å². The molecule has 4 heterocycles. The maximum absolute atomic E-state index is 7.29. The Hall–Kier alpha value is -10.4. The van der Waals surface area contributed by atoms with Crippen LogP contribution in [0.25, 0.3) is 0 Å². The van der Waals surface area contributed by atoms with Gasteiger partial charge in [0.2, 0.25) is 0 Å². The summed E-state index contributed by atoms with van der Waals surface area (Å²) in [6.45, 7) is 6.45. The third-order valence-electron chi connectivity index (χ3n) is 17.2. The maximum atomic E-state index is 7.29. The molecule has 12 aromatic carbocycles. The number of hydrogen-bond donors (Lipinski definition) is 0. The SMILES string of the molecule is Cc1cc(C)c(N2c3cc4c(cc3B3c5ccccc5Oc5cc(N(c6ccccc6)c6ccccc6)cc2c53)B2c3ccccc3N(c3ccccc3)c3cc(N(c5ccccc5)c5ccccc5)cc(c32)N4c2ccccc2)c(C)c1. The Balaban J connectivity index is 1.03. The number of fused-ring (bicyclic) bond motifs is 8. The van der Waals surface area contributed by atoms with E-state index in [1.54, 1.807) is 0 Å². The van der Waals surface area contributed by atoms with Crippen molar-refractivity contribution in [3.05, 3.63) is 296 Å². The van der Waals surface area contributed by atoms with E-state index in [9.17, 15) is 0 Å². The summed E-state index contributed by atoms with van der Waals surface area (Å²) in [5, 5.41) is 0. The van der Waals surface area contributed by atoms with Crippen LogP contribution in [0.5, 0.6) is 11.5 Å². The van der Waals surface area contributed by atoms with Crippen molar-refractivity contribution in [1.29, 1.82) is 0 Å². The van der Waals surface area contributed by atoms with Crippen LogP contribution in [0.3, 0.4) is 0 Å². The Kier molecular flexibility index (Phi) is 11.3. The van der Waals surface area contributed by atoms with Crippen molar-refractivity contribution >= 4 is 132 Å². The van der Waals surface area contributed by atoms with Gasteiger partial charge in [0, 0.05) is 74.3 Å². The number of ether oxygens (including phenoxy) is 1. The number of aryl methyl sites for hydroxylation is 3. The molecule has 4 aliphatic heterocycles. The van der Waals surface area contributed by atoms with Gasteiger partial charge >= 0.3 is 0 Å². The summed E-state index contributed by atoms with van der Waals surface area (Å²) in [6.07, 6.45) is 0. The van der Waals surface area contributed by atoms with Crippen LogP contribution in [0, 0.1) is 20.8 Å². The van der Waals surface area contributed by atoms with Gasteiger partial charge in [-0.05, 0) is 174 Å². The fraction of sp³-hybridized carbons (Fsp3) is 0.0400. The largest absolute Gasteiger partial charge is 0.458 e. The lowest BCUT2D eigenvalue weighted by Crippen LogP contribution is -2.64. The molecular weight excluding hydrogens is 1010 g/mol. The van der Waals surface area contributed by atoms with Crippen molar-refractivity contribution in [3.63, 3.8) is 0 Å². The van der Waals surface area contributed by atoms with Crippen LogP contribution >= 0.6 is 0 Å². The number of benzene rings is 12. The monoisotopic (exact) mass is 1060 g/mol. The summed E-state index contributed by atoms with van der Waals surface area (Å²) in [4.78, 5) is 12.4. The molecule has 0 fully saturated rings. The quantitative estimate of drug-likeness (QED) is 0.134. The van der Waals surface area contributed by atoms with Crippen LogP contribution in [0.4, 0.5) is 85.3 Å². The zero-order chi connectivity index (χ0) is 55.3. The van der Waals surface area contributed by atoms with Gasteiger partial charge < -0.3 is 29.2 Å². The molecular formula is C75H55B2N5O. The lowest BCUT2D eigenvalue weighted by molar-refractivity contribution is 0.487. The van der Waals surface area contributed by atoms with E-state index in [1.165, 1.54) is 38.5 Å². The number of para-hydroxylation sites is 8. The fourth-order valence-electron chi connectivity index (χ4n) is 14.0. The topological polar surface area (TPSA) is 25.4 Å². The summed E-state index contributed by atoms with van der Waals surface area (Å²) in [5.41, 5.74) is 27.4. The van der Waals surface area contributed by atoms with Gasteiger partial charge in [0.1, 0.15) is 11.5 Å². The predicted molar refractivity (Wildman–Crippen MR) is 350 cm³/mol. The molecule has 83 heavy (non-hydrogen) atoms. The lowest BCUT2D eigenvalue weighted by Gasteiger charge is -2.47. The first-order valence-corrected chi connectivity index (χ1v) is 28.7. The first-order valence-electron chi connectivity index (χ1n) is 28.7. The van der Waals surface area contributed by atoms with Crippen molar-refractivity contribution in [3.8, 4) is 11.5 Å². The van der Waals surface area contributed by atoms with Gasteiger partial charge in [-0.2, -0.15) is 0 Å². The molecule has 12 aromatic rings. The summed E-state index contributed by atoms with van der Waals surface area (Å²) < 4.78 is 7.29. The number of nitrogens with zero attached hydrogens (tertiary/aromatic N) is 5. The molecule has 4 aliphatic rings. The maximum Gasteiger partial charge on any atom is 0.256 e. The molecule has 0 bridgehead atoms. The molecule has 0 aliphatic carbocycles. The highest BCUT2D eigenvalue weighted by atomic mass is 16.5. The van der Waals surface area contributed by atoms with Crippen LogP contribution in [0.1, 0.15) is 16.7 Å². The van der Waals surface area contributed by atoms with Gasteiger partial charge in [-0.25, -0.2) is 0 Å². The van der Waals surface area contributed by atoms with Gasteiger partial charge in [-0.15, -0.1) is 0 Å². The zero-order valence-electron chi connectivity index (χ0n) is 46.4. The van der Waals surface area contributed by atoms with E-state index in [1.807, 2.05) is 0 Å². The standard InChI is InChI=1S/C75H55B2N5O/c1-50-42-51(2)75(52(3)43-50)82-67-49-66-63(48-64(67)77-62-39-23-25-41-71(62)83-72-47-60(46-70(82)74(72)77)79(55-30-14-6-15-31-55)56-32-16-7-17-33-56)76-61-38-22-24-40-65(61)80(57-34-18-8-19-35-57)68-44-59(45-69(73(68)76)81(66)58-36-20-9-21-37-58)78(53-26-10-4-11-27-53)54-28-12-5-13-29-54/h4-49H,1-3H3. The third-order valence-corrected chi connectivity index (χ3v) is 17.2. The van der Waals surface area contributed by atoms with Crippen molar-refractivity contribution < 1.29 is 4.74 Å². The van der Waals surface area contributed by atoms with Gasteiger partial charge in [0.25, 0.3) is 13.4 Å². The average molecular weight is 1060 g/mol. The van der Waals surface area contributed by atoms with E-state index in [0.717, 1.165) is 108 Å². The van der Waals surface area contributed by atoms with E-state index in [2.05, 4.69) is 324 Å². The van der Waals surface area contributed by atoms with Crippen molar-refractivity contribution in [2.24, 2.45) is 0 Å². The normalized spacial score (nSPS) is 13.0. The zero-order valence-corrected chi connectivity index (χ0v) is 46.4. The molecule has 8 heteroatoms. The summed E-state index contributed by atoms with van der Waals surface area (Å²) in [6, 6.07) is 102. The van der Waals surface area contributed by atoms with Crippen LogP contribution in [0.15, 0.2) is 279 Å². The van der Waals surface area contributed by atoms with Crippen molar-refractivity contribution in [2.75, 3.05) is 24.5 Å². The molecule has 0 amide bonds. The average Bonchev–Trinajstić information content (AvgIpc) is 3.56. The Morgan fingerprint density at radius 2 is 0.687 bits per heavy atom. The first-order chi connectivity index (χ1) is 40.9. The highest BCUT2D eigenvalue weighted by Gasteiger charge is 2.48. The fourth-order valence-corrected chi connectivity index (χ4v) is 14.0. The molecule has 0 saturated carbocycles. The first kappa shape index (κ1) is 48.5. The molecule has 0 spiro atoms. The second kappa shape index (κ2) is 19.4. The van der Waals surface area contributed by atoms with E-state index in [-0.39, 0.29) is 13.4 Å². The van der Waals surface area contributed by atoms with Crippen LogP contribution in [0.2, 0.25) is 0 Å². The Bertz CT molecular complexity index is 4390. The molecule has 0 unspecified atom stereocenters. The molecule has 16 rings (SSSR count). The second-order valence-corrected chi connectivity index (χ2v) is 22.2. The van der Waals surface area contributed by atoms with Gasteiger partial charge in [-0.3, -0.25) is 0 Å². The number of rotatable bonds is 9. The molecule has 0 radical (unpaired) electrons. The third kappa shape index (κ3) is 7.74. The Labute approximate surface area is 486 Å². The summed E-state index contributed by atoms with van der Waals surface area (Å²) in [7, 11) is 0. The smallest absolute Gasteiger partial charge is 0.256 e. The minimum absolute atomic E-state index is 0.146. The molecule has 0 saturated heterocycles. The lowest BCUT2D eigenvalue weighted by atomic mass is 9.30. The second-order valence-electron chi connectivity index (χ2n) is 22.2. The van der Waals surface area contributed by atoms with Crippen molar-refractivity contribution in [2.45, 2.75) is 20.8 Å². The molecule has 0 atom stereocenters. The summed E-state index contributed by atoms with van der Waals surface area (Å²) in [5.74, 6) is 1.72. The van der Waals surface area contributed by atoms with Crippen LogP contribution < -0.4 is 62.0 Å². The van der Waals surface area contributed by atoms with Gasteiger partial charge in [0.05, 0.1) is 17.1 Å². The van der Waals surface area contributed by atoms with Crippen molar-refractivity contribution in [1.82, 2.24) is 0 Å².